The zero-order chi connectivity index (χ0) is 15.4. The van der Waals surface area contributed by atoms with E-state index < -0.39 is 12.0 Å². The van der Waals surface area contributed by atoms with Crippen molar-refractivity contribution in [3.05, 3.63) is 30.1 Å². The number of aliphatic carboxylic acids is 1. The second kappa shape index (κ2) is 6.34. The number of anilines is 1. The summed E-state index contributed by atoms with van der Waals surface area (Å²) in [4.78, 5) is 11.3. The van der Waals surface area contributed by atoms with E-state index in [9.17, 15) is 9.90 Å². The van der Waals surface area contributed by atoms with Gasteiger partial charge in [-0.05, 0) is 31.0 Å². The Kier molecular flexibility index (Phi) is 4.52. The number of rotatable bonds is 6. The quantitative estimate of drug-likeness (QED) is 0.843. The first-order chi connectivity index (χ1) is 10.0. The molecule has 0 saturated carbocycles. The van der Waals surface area contributed by atoms with Crippen LogP contribution in [-0.4, -0.2) is 37.1 Å². The predicted molar refractivity (Wildman–Crippen MR) is 78.4 cm³/mol. The van der Waals surface area contributed by atoms with Crippen molar-refractivity contribution < 1.29 is 9.90 Å². The van der Waals surface area contributed by atoms with Gasteiger partial charge in [-0.25, -0.2) is 9.48 Å². The van der Waals surface area contributed by atoms with E-state index in [1.807, 2.05) is 26.8 Å². The van der Waals surface area contributed by atoms with Crippen molar-refractivity contribution in [1.29, 1.82) is 0 Å². The molecule has 2 aromatic heterocycles. The third-order valence-electron chi connectivity index (χ3n) is 3.39. The highest BCUT2D eigenvalue weighted by molar-refractivity contribution is 5.77. The normalized spacial score (nSPS) is 13.7. The molecule has 0 aliphatic rings. The lowest BCUT2D eigenvalue weighted by molar-refractivity contribution is -0.139. The molecule has 0 aromatic carbocycles. The van der Waals surface area contributed by atoms with Crippen LogP contribution < -0.4 is 5.32 Å². The summed E-state index contributed by atoms with van der Waals surface area (Å²) < 4.78 is 1.62. The summed E-state index contributed by atoms with van der Waals surface area (Å²) in [5, 5.41) is 24.5. The third kappa shape index (κ3) is 3.56. The molecule has 0 fully saturated rings. The number of nitrogens with zero attached hydrogens (tertiary/aromatic N) is 4. The van der Waals surface area contributed by atoms with Crippen LogP contribution in [0.25, 0.3) is 5.82 Å². The van der Waals surface area contributed by atoms with Crippen LogP contribution in [0.2, 0.25) is 0 Å². The highest BCUT2D eigenvalue weighted by Gasteiger charge is 2.23. The molecule has 2 N–H and O–H groups in total. The molecule has 2 atom stereocenters. The molecule has 21 heavy (non-hydrogen) atoms. The van der Waals surface area contributed by atoms with Gasteiger partial charge in [0, 0.05) is 6.20 Å². The van der Waals surface area contributed by atoms with Crippen molar-refractivity contribution in [2.24, 2.45) is 5.92 Å². The molecule has 0 aliphatic heterocycles. The van der Waals surface area contributed by atoms with E-state index >= 15 is 0 Å². The van der Waals surface area contributed by atoms with Gasteiger partial charge in [-0.3, -0.25) is 0 Å². The monoisotopic (exact) mass is 289 g/mol. The molecular formula is C14H19N5O2. The van der Waals surface area contributed by atoms with Crippen LogP contribution in [0.5, 0.6) is 0 Å². The van der Waals surface area contributed by atoms with Crippen molar-refractivity contribution in [1.82, 2.24) is 20.0 Å². The Balaban J connectivity index is 2.13. The SMILES string of the molecule is CC[C@H](C)[C@H](Nc1ccc(-n2ccc(C)n2)nn1)C(=O)O. The van der Waals surface area contributed by atoms with Crippen LogP contribution in [0.15, 0.2) is 24.4 Å². The fourth-order valence-corrected chi connectivity index (χ4v) is 1.91. The van der Waals surface area contributed by atoms with Gasteiger partial charge in [0.1, 0.15) is 11.9 Å². The van der Waals surface area contributed by atoms with Crippen LogP contribution in [-0.2, 0) is 4.79 Å². The lowest BCUT2D eigenvalue weighted by Gasteiger charge is -2.20. The zero-order valence-corrected chi connectivity index (χ0v) is 12.3. The minimum atomic E-state index is -0.891. The molecule has 2 heterocycles. The molecule has 7 heteroatoms. The van der Waals surface area contributed by atoms with Crippen LogP contribution in [0.4, 0.5) is 5.82 Å². The van der Waals surface area contributed by atoms with Gasteiger partial charge in [0.05, 0.1) is 5.69 Å². The molecule has 0 spiro atoms. The number of hydrogen-bond acceptors (Lipinski definition) is 5. The van der Waals surface area contributed by atoms with Crippen molar-refractivity contribution in [2.45, 2.75) is 33.2 Å². The lowest BCUT2D eigenvalue weighted by Crippen LogP contribution is -2.35. The number of carbonyl (C=O) groups is 1. The van der Waals surface area contributed by atoms with Gasteiger partial charge in [-0.15, -0.1) is 10.2 Å². The van der Waals surface area contributed by atoms with Crippen LogP contribution >= 0.6 is 0 Å². The lowest BCUT2D eigenvalue weighted by atomic mass is 9.99. The third-order valence-corrected chi connectivity index (χ3v) is 3.39. The van der Waals surface area contributed by atoms with E-state index in [1.165, 1.54) is 0 Å². The molecule has 0 bridgehead atoms. The van der Waals surface area contributed by atoms with Gasteiger partial charge in [0.25, 0.3) is 0 Å². The molecule has 2 rings (SSSR count). The molecule has 112 valence electrons. The Morgan fingerprint density at radius 2 is 2.14 bits per heavy atom. The van der Waals surface area contributed by atoms with Crippen molar-refractivity contribution in [3.63, 3.8) is 0 Å². The molecule has 0 unspecified atom stereocenters. The van der Waals surface area contributed by atoms with Crippen molar-refractivity contribution >= 4 is 11.8 Å². The van der Waals surface area contributed by atoms with E-state index in [4.69, 9.17) is 0 Å². The summed E-state index contributed by atoms with van der Waals surface area (Å²) in [6.07, 6.45) is 2.56. The number of nitrogens with one attached hydrogen (secondary N) is 1. The van der Waals surface area contributed by atoms with Gasteiger partial charge < -0.3 is 10.4 Å². The average molecular weight is 289 g/mol. The number of aryl methyl sites for hydroxylation is 1. The van der Waals surface area contributed by atoms with Crippen LogP contribution in [0.1, 0.15) is 26.0 Å². The van der Waals surface area contributed by atoms with Crippen LogP contribution in [0.3, 0.4) is 0 Å². The Hall–Kier alpha value is -2.44. The van der Waals surface area contributed by atoms with Gasteiger partial charge in [-0.1, -0.05) is 20.3 Å². The first-order valence-electron chi connectivity index (χ1n) is 6.87. The summed E-state index contributed by atoms with van der Waals surface area (Å²) in [5.74, 6) is 0.134. The summed E-state index contributed by atoms with van der Waals surface area (Å²) in [5.41, 5.74) is 0.890. The first-order valence-corrected chi connectivity index (χ1v) is 6.87. The molecule has 0 saturated heterocycles. The highest BCUT2D eigenvalue weighted by Crippen LogP contribution is 2.14. The smallest absolute Gasteiger partial charge is 0.326 e. The molecule has 0 radical (unpaired) electrons. The molecule has 0 aliphatic carbocycles. The number of carboxylic acids is 1. The number of carboxylic acid groups (broad SMARTS) is 1. The molecule has 0 amide bonds. The van der Waals surface area contributed by atoms with Gasteiger partial charge in [-0.2, -0.15) is 5.10 Å². The number of aromatic nitrogens is 4. The summed E-state index contributed by atoms with van der Waals surface area (Å²) in [7, 11) is 0. The Bertz CT molecular complexity index is 608. The van der Waals surface area contributed by atoms with E-state index in [0.717, 1.165) is 12.1 Å². The fraction of sp³-hybridized carbons (Fsp3) is 0.429. The Morgan fingerprint density at radius 1 is 1.38 bits per heavy atom. The van der Waals surface area contributed by atoms with E-state index in [-0.39, 0.29) is 5.92 Å². The summed E-state index contributed by atoms with van der Waals surface area (Å²) >= 11 is 0. The standard InChI is InChI=1S/C14H19N5O2/c1-4-9(2)13(14(20)21)15-11-5-6-12(17-16-11)19-8-7-10(3)18-19/h5-9,13H,4H2,1-3H3,(H,15,16)(H,20,21)/t9-,13-/m0/s1. The van der Waals surface area contributed by atoms with E-state index in [1.54, 1.807) is 23.0 Å². The largest absolute Gasteiger partial charge is 0.480 e. The first kappa shape index (κ1) is 15.0. The van der Waals surface area contributed by atoms with Crippen molar-refractivity contribution in [2.75, 3.05) is 5.32 Å². The minimum absolute atomic E-state index is 0.00209. The topological polar surface area (TPSA) is 92.9 Å². The van der Waals surface area contributed by atoms with E-state index in [0.29, 0.717) is 11.6 Å². The van der Waals surface area contributed by atoms with E-state index in [2.05, 4.69) is 20.6 Å². The second-order valence-electron chi connectivity index (χ2n) is 5.02. The highest BCUT2D eigenvalue weighted by atomic mass is 16.4. The summed E-state index contributed by atoms with van der Waals surface area (Å²) in [6.45, 7) is 5.74. The number of hydrogen-bond donors (Lipinski definition) is 2. The molecule has 2 aromatic rings. The minimum Gasteiger partial charge on any atom is -0.480 e. The second-order valence-corrected chi connectivity index (χ2v) is 5.02. The molecule has 7 nitrogen and oxygen atoms in total. The maximum absolute atomic E-state index is 11.3. The molecular weight excluding hydrogens is 270 g/mol. The summed E-state index contributed by atoms with van der Waals surface area (Å²) in [6, 6.07) is 4.65. The van der Waals surface area contributed by atoms with Gasteiger partial charge in [0.15, 0.2) is 5.82 Å². The Labute approximate surface area is 123 Å². The van der Waals surface area contributed by atoms with Crippen LogP contribution in [0, 0.1) is 12.8 Å². The van der Waals surface area contributed by atoms with Gasteiger partial charge >= 0.3 is 5.97 Å². The zero-order valence-electron chi connectivity index (χ0n) is 12.3. The average Bonchev–Trinajstić information content (AvgIpc) is 2.91. The predicted octanol–water partition coefficient (Wildman–Crippen LogP) is 1.88. The Morgan fingerprint density at radius 3 is 2.62 bits per heavy atom. The maximum Gasteiger partial charge on any atom is 0.326 e. The van der Waals surface area contributed by atoms with Gasteiger partial charge in [0.2, 0.25) is 0 Å². The fourth-order valence-electron chi connectivity index (χ4n) is 1.91. The van der Waals surface area contributed by atoms with Crippen molar-refractivity contribution in [3.8, 4) is 5.82 Å². The maximum atomic E-state index is 11.3.